The number of aliphatic hydroxyl groups is 3. The molecule has 0 radical (unpaired) electrons. The molecule has 0 spiro atoms. The zero-order valence-electron chi connectivity index (χ0n) is 74.0. The van der Waals surface area contributed by atoms with Crippen LogP contribution in [0.3, 0.4) is 0 Å². The first-order valence-corrected chi connectivity index (χ1v) is 42.9. The van der Waals surface area contributed by atoms with Gasteiger partial charge in [0.2, 0.25) is 65.0 Å². The van der Waals surface area contributed by atoms with Crippen molar-refractivity contribution >= 4 is 76.7 Å². The minimum Gasteiger partial charge on any atom is -0.494 e. The highest BCUT2D eigenvalue weighted by Gasteiger charge is 2.44. The minimum absolute atomic E-state index is 0.0124. The Kier molecular flexibility index (Phi) is 45.5. The summed E-state index contributed by atoms with van der Waals surface area (Å²) in [6, 6.07) is 12.0. The first kappa shape index (κ1) is 106. The summed E-state index contributed by atoms with van der Waals surface area (Å²) in [5.74, 6) is -14.3. The molecule has 11 amide bonds. The number of nitrogens with two attached hydrogens (primary N) is 1. The molecule has 0 bridgehead atoms. The number of halogens is 1. The van der Waals surface area contributed by atoms with Crippen LogP contribution in [0.15, 0.2) is 109 Å². The van der Waals surface area contributed by atoms with E-state index >= 15 is 4.39 Å². The number of hydrogen-bond acceptors (Lipinski definition) is 26. The molecule has 0 saturated heterocycles. The van der Waals surface area contributed by atoms with Gasteiger partial charge < -0.3 is 108 Å². The average Bonchev–Trinajstić information content (AvgIpc) is 0.885. The van der Waals surface area contributed by atoms with Crippen molar-refractivity contribution in [2.75, 3.05) is 79.2 Å². The number of azide groups is 1. The Morgan fingerprint density at radius 2 is 1.23 bits per heavy atom. The van der Waals surface area contributed by atoms with Crippen LogP contribution in [-0.4, -0.2) is 267 Å². The number of carboxylic acids is 1. The van der Waals surface area contributed by atoms with E-state index in [1.165, 1.54) is 38.4 Å². The molecular weight excluding hydrogens is 1700 g/mol. The highest BCUT2D eigenvalue weighted by Crippen LogP contribution is 2.30. The Bertz CT molecular complexity index is 4690. The van der Waals surface area contributed by atoms with Crippen LogP contribution < -0.4 is 63.6 Å². The highest BCUT2D eigenvalue weighted by molar-refractivity contribution is 6.06. The number of hydrogen-bond donors (Lipinski definition) is 17. The van der Waals surface area contributed by atoms with Gasteiger partial charge in [0, 0.05) is 88.0 Å². The lowest BCUT2D eigenvalue weighted by Gasteiger charge is -2.34. The van der Waals surface area contributed by atoms with Gasteiger partial charge in [-0.3, -0.25) is 62.3 Å². The van der Waals surface area contributed by atoms with E-state index in [9.17, 15) is 82.8 Å². The predicted molar refractivity (Wildman–Crippen MR) is 466 cm³/mol. The van der Waals surface area contributed by atoms with Gasteiger partial charge in [-0.2, -0.15) is 5.21 Å². The van der Waals surface area contributed by atoms with Gasteiger partial charge in [-0.25, -0.2) is 9.37 Å². The summed E-state index contributed by atoms with van der Waals surface area (Å²) in [5.41, 5.74) is 15.4. The van der Waals surface area contributed by atoms with Crippen LogP contribution in [0.2, 0.25) is 0 Å². The SMILES string of the molecule is CCCOCCOCCOCCOCCC(=O)NCc1ccc(CCC[C@H](NC(=O)[C@H](Cc2ccc(-c3ccc(OCCCCN=[N+]=[N-])cc3CC)cc2)NC(=O)[C@H](CC(=O)O)NC(=O)[C@H](CO)NC(=O)[C@@H](NC(=O)[C@@](C)(Cc2ccccc2F)NC(=O)[C@@H](NC(=O)CCC(=O)[C@H](Cc2nn[nH]n2)NC(=O)C(C)(C)C(=O)NCCc2cnc[nH]2)[C@@H](C)O)[C@@H](C)O)C(N)=O)cc1. The lowest BCUT2D eigenvalue weighted by Crippen LogP contribution is -2.66. The van der Waals surface area contributed by atoms with Crippen LogP contribution >= 0.6 is 0 Å². The number of Topliss-reactive ketones (excluding diaryl/α,β-unsaturated/α-hetero) is 1. The van der Waals surface area contributed by atoms with Gasteiger partial charge in [0.25, 0.3) is 0 Å². The number of carbonyl (C=O) groups is 13. The lowest BCUT2D eigenvalue weighted by atomic mass is 9.89. The van der Waals surface area contributed by atoms with Crippen LogP contribution in [-0.2, 0) is 126 Å². The molecule has 0 saturated carbocycles. The van der Waals surface area contributed by atoms with E-state index < -0.39 is 174 Å². The van der Waals surface area contributed by atoms with Crippen molar-refractivity contribution in [3.63, 3.8) is 0 Å². The number of amides is 11. The molecule has 0 aliphatic carbocycles. The van der Waals surface area contributed by atoms with E-state index in [4.69, 9.17) is 34.9 Å². The largest absolute Gasteiger partial charge is 0.494 e. The minimum atomic E-state index is -2.41. The molecule has 10 atom stereocenters. The zero-order valence-corrected chi connectivity index (χ0v) is 74.0. The number of rotatable bonds is 63. The first-order chi connectivity index (χ1) is 62.2. The molecule has 0 aliphatic rings. The number of nitrogens with zero attached hydrogens (tertiary/aromatic N) is 7. The van der Waals surface area contributed by atoms with Crippen LogP contribution in [0.25, 0.3) is 21.6 Å². The van der Waals surface area contributed by atoms with Crippen molar-refractivity contribution in [3.8, 4) is 16.9 Å². The fourth-order valence-electron chi connectivity index (χ4n) is 13.1. The third-order valence-corrected chi connectivity index (χ3v) is 20.6. The summed E-state index contributed by atoms with van der Waals surface area (Å²) >= 11 is 0. The lowest BCUT2D eigenvalue weighted by molar-refractivity contribution is -0.143. The number of imidazole rings is 1. The van der Waals surface area contributed by atoms with Crippen LogP contribution in [0.4, 0.5) is 4.39 Å². The van der Waals surface area contributed by atoms with Crippen LogP contribution in [0.5, 0.6) is 5.75 Å². The van der Waals surface area contributed by atoms with Gasteiger partial charge >= 0.3 is 5.97 Å². The number of carbonyl (C=O) groups excluding carboxylic acids is 12. The van der Waals surface area contributed by atoms with E-state index in [1.807, 2.05) is 50.2 Å². The maximum Gasteiger partial charge on any atom is 0.305 e. The molecule has 0 aliphatic heterocycles. The molecule has 2 heterocycles. The first-order valence-electron chi connectivity index (χ1n) is 42.9. The van der Waals surface area contributed by atoms with Crippen LogP contribution in [0, 0.1) is 11.2 Å². The smallest absolute Gasteiger partial charge is 0.305 e. The molecule has 42 nitrogen and oxygen atoms in total. The normalized spacial score (nSPS) is 13.8. The molecular formula is C87H121FN20O22. The number of aromatic nitrogens is 6. The van der Waals surface area contributed by atoms with E-state index in [2.05, 4.69) is 93.8 Å². The maximum atomic E-state index is 15.6. The summed E-state index contributed by atoms with van der Waals surface area (Å²) in [5, 5.41) is 84.5. The number of unbranched alkanes of at least 4 members (excludes halogenated alkanes) is 1. The Labute approximate surface area is 750 Å². The topological polar surface area (TPSA) is 627 Å². The van der Waals surface area contributed by atoms with Gasteiger partial charge in [-0.15, -0.1) is 10.2 Å². The van der Waals surface area contributed by atoms with Crippen molar-refractivity contribution in [2.45, 2.75) is 211 Å². The number of tetrazole rings is 1. The highest BCUT2D eigenvalue weighted by atomic mass is 19.1. The molecule has 6 aromatic rings. The third kappa shape index (κ3) is 36.8. The molecule has 6 rings (SSSR count). The van der Waals surface area contributed by atoms with Crippen molar-refractivity contribution in [1.82, 2.24) is 83.8 Å². The number of ketones is 1. The van der Waals surface area contributed by atoms with Crippen molar-refractivity contribution in [1.29, 1.82) is 0 Å². The molecule has 18 N–H and O–H groups in total. The second-order valence-corrected chi connectivity index (χ2v) is 31.5. The van der Waals surface area contributed by atoms with Crippen LogP contribution in [0.1, 0.15) is 146 Å². The van der Waals surface area contributed by atoms with Crippen molar-refractivity contribution < 1.29 is 111 Å². The number of carboxylic acid groups (broad SMARTS) is 1. The van der Waals surface area contributed by atoms with E-state index in [0.717, 1.165) is 61.1 Å². The zero-order chi connectivity index (χ0) is 95.1. The summed E-state index contributed by atoms with van der Waals surface area (Å²) in [4.78, 5) is 190. The number of aryl methyl sites for hydroxylation is 2. The second-order valence-electron chi connectivity index (χ2n) is 31.5. The fourth-order valence-corrected chi connectivity index (χ4v) is 13.1. The number of H-pyrrole nitrogens is 2. The molecule has 2 aromatic heterocycles. The second kappa shape index (κ2) is 55.9. The molecule has 4 aromatic carbocycles. The van der Waals surface area contributed by atoms with E-state index in [-0.39, 0.29) is 69.1 Å². The Morgan fingerprint density at radius 1 is 0.608 bits per heavy atom. The van der Waals surface area contributed by atoms with E-state index in [1.54, 1.807) is 36.5 Å². The van der Waals surface area contributed by atoms with Gasteiger partial charge in [0.1, 0.15) is 58.8 Å². The number of nitrogens with one attached hydrogen (secondary N) is 12. The van der Waals surface area contributed by atoms with Gasteiger partial charge in [-0.05, 0) is 142 Å². The third-order valence-electron chi connectivity index (χ3n) is 20.6. The monoisotopic (exact) mass is 1820 g/mol. The number of aliphatic hydroxyl groups excluding tert-OH is 3. The summed E-state index contributed by atoms with van der Waals surface area (Å²) in [6.45, 7) is 12.9. The summed E-state index contributed by atoms with van der Waals surface area (Å²) in [7, 11) is 0. The number of aromatic amines is 2. The number of benzene rings is 4. The standard InChI is InChI=1S/C87H121FN20O22/c1-8-35-126-38-40-128-42-43-129-41-39-127-37-32-72(113)93-49-57-21-19-55(20-22-57)15-14-18-65(77(89)117)96-78(118)67(44-56-23-25-59(26-24-56)63-28-27-62(45-58(63)9-2)130-36-13-12-33-95-106-90)97-79(119)68(47-74(115)116)98-80(120)69(51-109)99-81(121)75(53(3)110)102-85(125)87(7,48-60-16-10-11-17-64(60)88)103-82(122)76(54(4)111)101-73(114)30-29-70(112)66(46-71-104-107-108-105-71)100-84(124)86(5,6)83(123)92-34-31-61-50-91-52-94-61/h10-11,16-17,19-28,45,50,52-54,65-69,75-76,109-111H,8-9,12-15,18,29-44,46-49,51H2,1-7H3,(H2,89,117)(H,91,94)(H,92,123)(H,93,113)(H,96,118)(H,97,119)(H,98,120)(H,99,121)(H,100,124)(H,101,114)(H,102,125)(H,103,122)(H,115,116)(H,104,105,107,108)/t53-,54-,65+,66+,67+,68+,69+,75+,76+,87-/m1/s1. The van der Waals surface area contributed by atoms with Gasteiger partial charge in [0.15, 0.2) is 11.6 Å². The van der Waals surface area contributed by atoms with Crippen molar-refractivity contribution in [3.05, 3.63) is 159 Å². The molecule has 43 heteroatoms. The molecule has 0 fully saturated rings. The number of primary amides is 1. The maximum absolute atomic E-state index is 15.6. The fraction of sp³-hybridized carbons (Fsp3) is 0.529. The van der Waals surface area contributed by atoms with E-state index in [0.29, 0.717) is 109 Å². The molecule has 708 valence electrons. The average molecular weight is 1820 g/mol. The Morgan fingerprint density at radius 3 is 1.85 bits per heavy atom. The molecule has 130 heavy (non-hydrogen) atoms. The summed E-state index contributed by atoms with van der Waals surface area (Å²) in [6.07, 6.45) is -0.651. The van der Waals surface area contributed by atoms with Gasteiger partial charge in [0.05, 0.1) is 90.5 Å². The molecule has 0 unspecified atom stereocenters. The van der Waals surface area contributed by atoms with Gasteiger partial charge in [-0.1, -0.05) is 97.0 Å². The van der Waals surface area contributed by atoms with Crippen molar-refractivity contribution in [2.24, 2.45) is 16.3 Å². The predicted octanol–water partition coefficient (Wildman–Crippen LogP) is 1.01. The quantitative estimate of drug-likeness (QED) is 0.00833. The number of aliphatic carboxylic acids is 1. The Hall–Kier alpha value is -12.8. The summed E-state index contributed by atoms with van der Waals surface area (Å²) < 4.78 is 43.4. The Balaban J connectivity index is 1.14. The number of ether oxygens (including phenoxy) is 5.